The molecule has 96 valence electrons. The van der Waals surface area contributed by atoms with E-state index in [4.69, 9.17) is 9.47 Å². The Hall–Kier alpha value is -1.55. The van der Waals surface area contributed by atoms with Crippen molar-refractivity contribution in [2.75, 3.05) is 13.2 Å². The lowest BCUT2D eigenvalue weighted by molar-refractivity contribution is -0.131. The molecule has 2 heterocycles. The first-order chi connectivity index (χ1) is 8.84. The van der Waals surface area contributed by atoms with Crippen molar-refractivity contribution in [3.05, 3.63) is 29.8 Å². The van der Waals surface area contributed by atoms with Gasteiger partial charge in [0.2, 0.25) is 5.91 Å². The lowest BCUT2D eigenvalue weighted by Crippen LogP contribution is -2.38. The van der Waals surface area contributed by atoms with Crippen molar-refractivity contribution in [2.45, 2.75) is 31.4 Å². The maximum absolute atomic E-state index is 12.0. The summed E-state index contributed by atoms with van der Waals surface area (Å²) in [6.07, 6.45) is 2.36. The highest BCUT2D eigenvalue weighted by molar-refractivity contribution is 5.81. The number of benzene rings is 1. The molecule has 2 atom stereocenters. The maximum Gasteiger partial charge on any atom is 0.249 e. The fraction of sp³-hybridized carbons (Fsp3) is 0.500. The monoisotopic (exact) mass is 247 g/mol. The molecule has 0 aromatic heterocycles. The Balaban J connectivity index is 1.72. The second-order valence-electron chi connectivity index (χ2n) is 4.74. The van der Waals surface area contributed by atoms with E-state index in [-0.39, 0.29) is 18.1 Å². The van der Waals surface area contributed by atoms with Crippen LogP contribution in [-0.2, 0) is 9.53 Å². The highest BCUT2D eigenvalue weighted by Crippen LogP contribution is 2.31. The molecule has 3 rings (SSSR count). The van der Waals surface area contributed by atoms with Gasteiger partial charge in [0.25, 0.3) is 0 Å². The molecule has 0 spiro atoms. The molecule has 1 saturated heterocycles. The minimum Gasteiger partial charge on any atom is -0.493 e. The van der Waals surface area contributed by atoms with Gasteiger partial charge in [0.1, 0.15) is 11.9 Å². The van der Waals surface area contributed by atoms with Crippen LogP contribution < -0.4 is 10.1 Å². The molecule has 1 aromatic rings. The Labute approximate surface area is 106 Å². The molecule has 0 aliphatic carbocycles. The van der Waals surface area contributed by atoms with E-state index < -0.39 is 0 Å². The molecule has 18 heavy (non-hydrogen) atoms. The van der Waals surface area contributed by atoms with Crippen LogP contribution in [0.2, 0.25) is 0 Å². The molecular weight excluding hydrogens is 230 g/mol. The Morgan fingerprint density at radius 1 is 1.22 bits per heavy atom. The molecule has 1 amide bonds. The number of hydrogen-bond donors (Lipinski definition) is 1. The van der Waals surface area contributed by atoms with Gasteiger partial charge in [-0.05, 0) is 18.9 Å². The zero-order chi connectivity index (χ0) is 12.4. The van der Waals surface area contributed by atoms with Crippen LogP contribution in [0.1, 0.15) is 30.9 Å². The molecule has 0 bridgehead atoms. The highest BCUT2D eigenvalue weighted by atomic mass is 16.5. The third kappa shape index (κ3) is 2.20. The Bertz CT molecular complexity index is 440. The van der Waals surface area contributed by atoms with Gasteiger partial charge < -0.3 is 14.8 Å². The molecule has 1 fully saturated rings. The highest BCUT2D eigenvalue weighted by Gasteiger charge is 2.28. The van der Waals surface area contributed by atoms with E-state index in [9.17, 15) is 4.79 Å². The third-order valence-corrected chi connectivity index (χ3v) is 3.50. The largest absolute Gasteiger partial charge is 0.493 e. The number of carbonyl (C=O) groups is 1. The predicted molar refractivity (Wildman–Crippen MR) is 66.4 cm³/mol. The molecule has 2 aliphatic heterocycles. The van der Waals surface area contributed by atoms with Gasteiger partial charge in [-0.2, -0.15) is 0 Å². The van der Waals surface area contributed by atoms with Gasteiger partial charge in [-0.15, -0.1) is 0 Å². The Morgan fingerprint density at radius 3 is 2.94 bits per heavy atom. The average molecular weight is 247 g/mol. The third-order valence-electron chi connectivity index (χ3n) is 3.50. The molecule has 0 radical (unpaired) electrons. The number of para-hydroxylation sites is 1. The summed E-state index contributed by atoms with van der Waals surface area (Å²) < 4.78 is 11.0. The van der Waals surface area contributed by atoms with Crippen LogP contribution in [0, 0.1) is 0 Å². The van der Waals surface area contributed by atoms with E-state index in [0.717, 1.165) is 30.6 Å². The number of nitrogens with one attached hydrogen (secondary N) is 1. The van der Waals surface area contributed by atoms with Crippen LogP contribution in [0.25, 0.3) is 0 Å². The lowest BCUT2D eigenvalue weighted by Gasteiger charge is -2.27. The molecule has 2 aliphatic rings. The number of ether oxygens (including phenoxy) is 2. The quantitative estimate of drug-likeness (QED) is 0.867. The summed E-state index contributed by atoms with van der Waals surface area (Å²) in [5, 5.41) is 3.07. The summed E-state index contributed by atoms with van der Waals surface area (Å²) in [4.78, 5) is 12.0. The summed E-state index contributed by atoms with van der Waals surface area (Å²) in [6, 6.07) is 7.92. The standard InChI is InChI=1S/C14H17NO3/c16-14(13-6-3-8-17-13)15-11-7-9-18-12-5-2-1-4-10(11)12/h1-2,4-5,11,13H,3,6-9H2,(H,15,16)/t11-,13-/m1/s1. The molecule has 0 unspecified atom stereocenters. The van der Waals surface area contributed by atoms with Crippen molar-refractivity contribution in [1.82, 2.24) is 5.32 Å². The second-order valence-corrected chi connectivity index (χ2v) is 4.74. The van der Waals surface area contributed by atoms with Crippen molar-refractivity contribution in [3.8, 4) is 5.75 Å². The topological polar surface area (TPSA) is 47.6 Å². The van der Waals surface area contributed by atoms with Crippen molar-refractivity contribution in [3.63, 3.8) is 0 Å². The average Bonchev–Trinajstić information content (AvgIpc) is 2.93. The van der Waals surface area contributed by atoms with Crippen LogP contribution in [-0.4, -0.2) is 25.2 Å². The Kier molecular flexibility index (Phi) is 3.19. The van der Waals surface area contributed by atoms with Crippen LogP contribution in [0.15, 0.2) is 24.3 Å². The fourth-order valence-corrected chi connectivity index (χ4v) is 2.54. The van der Waals surface area contributed by atoms with E-state index >= 15 is 0 Å². The van der Waals surface area contributed by atoms with E-state index in [1.54, 1.807) is 0 Å². The number of fused-ring (bicyclic) bond motifs is 1. The minimum absolute atomic E-state index is 0.00852. The SMILES string of the molecule is O=C(N[C@@H]1CCOc2ccccc21)[C@H]1CCCO1. The fourth-order valence-electron chi connectivity index (χ4n) is 2.54. The zero-order valence-corrected chi connectivity index (χ0v) is 10.2. The van der Waals surface area contributed by atoms with E-state index in [1.165, 1.54) is 0 Å². The molecule has 4 heteroatoms. The number of amides is 1. The van der Waals surface area contributed by atoms with Crippen LogP contribution in [0.3, 0.4) is 0 Å². The minimum atomic E-state index is -0.264. The smallest absolute Gasteiger partial charge is 0.249 e. The van der Waals surface area contributed by atoms with Crippen LogP contribution in [0.5, 0.6) is 5.75 Å². The summed E-state index contributed by atoms with van der Waals surface area (Å²) in [7, 11) is 0. The van der Waals surface area contributed by atoms with E-state index in [1.807, 2.05) is 24.3 Å². The summed E-state index contributed by atoms with van der Waals surface area (Å²) in [5.41, 5.74) is 1.06. The normalized spacial score (nSPS) is 26.2. The van der Waals surface area contributed by atoms with Gasteiger partial charge in [0.05, 0.1) is 12.6 Å². The summed E-state index contributed by atoms with van der Waals surface area (Å²) in [5.74, 6) is 0.885. The second kappa shape index (κ2) is 4.98. The molecular formula is C14H17NO3. The van der Waals surface area contributed by atoms with Gasteiger partial charge in [-0.1, -0.05) is 18.2 Å². The maximum atomic E-state index is 12.0. The van der Waals surface area contributed by atoms with E-state index in [0.29, 0.717) is 13.2 Å². The van der Waals surface area contributed by atoms with E-state index in [2.05, 4.69) is 5.32 Å². The van der Waals surface area contributed by atoms with Crippen molar-refractivity contribution >= 4 is 5.91 Å². The first kappa shape index (κ1) is 11.5. The first-order valence-corrected chi connectivity index (χ1v) is 6.48. The lowest BCUT2D eigenvalue weighted by atomic mass is 10.0. The molecule has 1 aromatic carbocycles. The van der Waals surface area contributed by atoms with Crippen LogP contribution in [0.4, 0.5) is 0 Å². The van der Waals surface area contributed by atoms with Gasteiger partial charge in [-0.3, -0.25) is 4.79 Å². The first-order valence-electron chi connectivity index (χ1n) is 6.48. The van der Waals surface area contributed by atoms with Crippen molar-refractivity contribution in [2.24, 2.45) is 0 Å². The van der Waals surface area contributed by atoms with Crippen LogP contribution >= 0.6 is 0 Å². The van der Waals surface area contributed by atoms with Gasteiger partial charge in [0.15, 0.2) is 0 Å². The van der Waals surface area contributed by atoms with Gasteiger partial charge >= 0.3 is 0 Å². The number of carbonyl (C=O) groups excluding carboxylic acids is 1. The Morgan fingerprint density at radius 2 is 2.11 bits per heavy atom. The number of rotatable bonds is 2. The van der Waals surface area contributed by atoms with Crippen molar-refractivity contribution in [1.29, 1.82) is 0 Å². The predicted octanol–water partition coefficient (Wildman–Crippen LogP) is 1.81. The molecule has 1 N–H and O–H groups in total. The molecule has 0 saturated carbocycles. The summed E-state index contributed by atoms with van der Waals surface area (Å²) in [6.45, 7) is 1.34. The van der Waals surface area contributed by atoms with Crippen molar-refractivity contribution < 1.29 is 14.3 Å². The zero-order valence-electron chi connectivity index (χ0n) is 10.2. The molecule has 4 nitrogen and oxygen atoms in total. The number of hydrogen-bond acceptors (Lipinski definition) is 3. The summed E-state index contributed by atoms with van der Waals surface area (Å²) >= 11 is 0. The van der Waals surface area contributed by atoms with Gasteiger partial charge in [0, 0.05) is 18.6 Å². The van der Waals surface area contributed by atoms with Gasteiger partial charge in [-0.25, -0.2) is 0 Å².